The number of allylic oxidation sites excluding steroid dienone is 2. The third kappa shape index (κ3) is 2.12. The predicted octanol–water partition coefficient (Wildman–Crippen LogP) is 3.70. The molecule has 3 rings (SSSR count). The number of carbonyl (C=O) groups excluding carboxylic acids is 2. The Balaban J connectivity index is 2.34. The van der Waals surface area contributed by atoms with E-state index in [1.165, 1.54) is 7.11 Å². The third-order valence-corrected chi connectivity index (χ3v) is 3.80. The molecule has 0 amide bonds. The molecule has 0 fully saturated rings. The first-order valence-corrected chi connectivity index (χ1v) is 7.02. The number of hydrogen-bond donors (Lipinski definition) is 0. The molecular formula is C17H12ClNO3. The van der Waals surface area contributed by atoms with E-state index in [0.717, 1.165) is 5.56 Å². The number of hydrogen-bond acceptors (Lipinski definition) is 4. The SMILES string of the molecule is COC1=C(C)C(=O)c2nc(Cl)cc(-c3ccccc3)c2C1=O. The van der Waals surface area contributed by atoms with Gasteiger partial charge in [-0.25, -0.2) is 4.98 Å². The van der Waals surface area contributed by atoms with Crippen molar-refractivity contribution in [1.82, 2.24) is 4.98 Å². The summed E-state index contributed by atoms with van der Waals surface area (Å²) in [5.74, 6) is -0.637. The highest BCUT2D eigenvalue weighted by molar-refractivity contribution is 6.32. The number of fused-ring (bicyclic) bond motifs is 1. The molecule has 4 nitrogen and oxygen atoms in total. The van der Waals surface area contributed by atoms with Gasteiger partial charge in [0.05, 0.1) is 12.7 Å². The van der Waals surface area contributed by atoms with Crippen molar-refractivity contribution in [2.45, 2.75) is 6.92 Å². The van der Waals surface area contributed by atoms with Gasteiger partial charge in [0, 0.05) is 5.57 Å². The number of methoxy groups -OCH3 is 1. The van der Waals surface area contributed by atoms with Crippen molar-refractivity contribution in [3.05, 3.63) is 64.1 Å². The molecule has 0 bridgehead atoms. The second-order valence-electron chi connectivity index (χ2n) is 4.90. The lowest BCUT2D eigenvalue weighted by atomic mass is 9.87. The maximum Gasteiger partial charge on any atom is 0.230 e. The number of ketones is 2. The van der Waals surface area contributed by atoms with E-state index in [4.69, 9.17) is 16.3 Å². The number of pyridine rings is 1. The summed E-state index contributed by atoms with van der Waals surface area (Å²) < 4.78 is 5.11. The molecule has 5 heteroatoms. The van der Waals surface area contributed by atoms with E-state index in [2.05, 4.69) is 4.98 Å². The normalized spacial score (nSPS) is 14.1. The van der Waals surface area contributed by atoms with Gasteiger partial charge in [0.25, 0.3) is 0 Å². The van der Waals surface area contributed by atoms with Crippen LogP contribution in [0.4, 0.5) is 0 Å². The molecule has 2 aromatic rings. The summed E-state index contributed by atoms with van der Waals surface area (Å²) in [6.45, 7) is 1.55. The van der Waals surface area contributed by atoms with Crippen molar-refractivity contribution >= 4 is 23.2 Å². The molecule has 0 saturated heterocycles. The molecule has 0 saturated carbocycles. The molecule has 1 aromatic heterocycles. The summed E-state index contributed by atoms with van der Waals surface area (Å²) in [5, 5.41) is 0.174. The van der Waals surface area contributed by atoms with Crippen LogP contribution in [-0.4, -0.2) is 23.7 Å². The number of Topliss-reactive ketones (excluding diaryl/α,β-unsaturated/α-hetero) is 2. The molecule has 1 aliphatic carbocycles. The Morgan fingerprint density at radius 3 is 2.41 bits per heavy atom. The highest BCUT2D eigenvalue weighted by Gasteiger charge is 2.35. The smallest absolute Gasteiger partial charge is 0.230 e. The maximum absolute atomic E-state index is 12.7. The number of rotatable bonds is 2. The largest absolute Gasteiger partial charge is 0.492 e. The average Bonchev–Trinajstić information content (AvgIpc) is 2.53. The van der Waals surface area contributed by atoms with Crippen LogP contribution < -0.4 is 0 Å². The van der Waals surface area contributed by atoms with Gasteiger partial charge in [-0.3, -0.25) is 9.59 Å². The molecule has 22 heavy (non-hydrogen) atoms. The lowest BCUT2D eigenvalue weighted by Gasteiger charge is -2.20. The molecular weight excluding hydrogens is 302 g/mol. The quantitative estimate of drug-likeness (QED) is 0.793. The molecule has 0 aliphatic heterocycles. The summed E-state index contributed by atoms with van der Waals surface area (Å²) in [4.78, 5) is 29.2. The zero-order valence-electron chi connectivity index (χ0n) is 12.0. The van der Waals surface area contributed by atoms with Crippen LogP contribution in [0.15, 0.2) is 47.7 Å². The van der Waals surface area contributed by atoms with Crippen LogP contribution in [-0.2, 0) is 4.74 Å². The second kappa shape index (κ2) is 5.39. The van der Waals surface area contributed by atoms with Gasteiger partial charge in [0.1, 0.15) is 10.8 Å². The minimum Gasteiger partial charge on any atom is -0.492 e. The van der Waals surface area contributed by atoms with E-state index < -0.39 is 0 Å². The van der Waals surface area contributed by atoms with Crippen molar-refractivity contribution in [3.63, 3.8) is 0 Å². The highest BCUT2D eigenvalue weighted by atomic mass is 35.5. The van der Waals surface area contributed by atoms with Crippen LogP contribution in [0.2, 0.25) is 5.15 Å². The molecule has 1 heterocycles. The molecule has 1 aromatic carbocycles. The van der Waals surface area contributed by atoms with Gasteiger partial charge in [0.15, 0.2) is 5.76 Å². The van der Waals surface area contributed by atoms with Crippen molar-refractivity contribution in [1.29, 1.82) is 0 Å². The number of benzene rings is 1. The summed E-state index contributed by atoms with van der Waals surface area (Å²) in [5.41, 5.74) is 1.93. The molecule has 110 valence electrons. The van der Waals surface area contributed by atoms with Gasteiger partial charge < -0.3 is 4.74 Å². The first kappa shape index (κ1) is 14.5. The summed E-state index contributed by atoms with van der Waals surface area (Å²) in [7, 11) is 1.38. The van der Waals surface area contributed by atoms with Gasteiger partial charge in [-0.1, -0.05) is 41.9 Å². The van der Waals surface area contributed by atoms with Crippen LogP contribution >= 0.6 is 11.6 Å². The predicted molar refractivity (Wildman–Crippen MR) is 83.1 cm³/mol. The van der Waals surface area contributed by atoms with Crippen LogP contribution in [0, 0.1) is 0 Å². The Morgan fingerprint density at radius 1 is 1.09 bits per heavy atom. The highest BCUT2D eigenvalue weighted by Crippen LogP contribution is 2.34. The molecule has 0 N–H and O–H groups in total. The van der Waals surface area contributed by atoms with E-state index in [1.54, 1.807) is 13.0 Å². The zero-order valence-corrected chi connectivity index (χ0v) is 12.8. The monoisotopic (exact) mass is 313 g/mol. The van der Waals surface area contributed by atoms with Crippen molar-refractivity contribution in [2.24, 2.45) is 0 Å². The lowest BCUT2D eigenvalue weighted by Crippen LogP contribution is -2.24. The fourth-order valence-corrected chi connectivity index (χ4v) is 2.76. The topological polar surface area (TPSA) is 56.3 Å². The van der Waals surface area contributed by atoms with Gasteiger partial charge in [-0.15, -0.1) is 0 Å². The molecule has 0 atom stereocenters. The minimum absolute atomic E-state index is 0.0544. The lowest BCUT2D eigenvalue weighted by molar-refractivity contribution is 0.0904. The van der Waals surface area contributed by atoms with E-state index in [-0.39, 0.29) is 39.3 Å². The Kier molecular flexibility index (Phi) is 3.54. The molecule has 1 aliphatic rings. The molecule has 0 spiro atoms. The van der Waals surface area contributed by atoms with Gasteiger partial charge >= 0.3 is 0 Å². The summed E-state index contributed by atoms with van der Waals surface area (Å²) in [6.07, 6.45) is 0. The Labute approximate surface area is 132 Å². The molecule has 0 unspecified atom stereocenters. The fraction of sp³-hybridized carbons (Fsp3) is 0.118. The summed E-state index contributed by atoms with van der Waals surface area (Å²) in [6, 6.07) is 10.9. The van der Waals surface area contributed by atoms with E-state index in [0.29, 0.717) is 5.56 Å². The van der Waals surface area contributed by atoms with Crippen molar-refractivity contribution < 1.29 is 14.3 Å². The number of ether oxygens (including phenoxy) is 1. The molecule has 0 radical (unpaired) electrons. The Hall–Kier alpha value is -2.46. The first-order chi connectivity index (χ1) is 10.5. The maximum atomic E-state index is 12.7. The fourth-order valence-electron chi connectivity index (χ4n) is 2.56. The third-order valence-electron chi connectivity index (χ3n) is 3.61. The zero-order chi connectivity index (χ0) is 15.9. The van der Waals surface area contributed by atoms with E-state index in [1.807, 2.05) is 30.3 Å². The first-order valence-electron chi connectivity index (χ1n) is 6.64. The van der Waals surface area contributed by atoms with Crippen molar-refractivity contribution in [3.8, 4) is 11.1 Å². The van der Waals surface area contributed by atoms with Gasteiger partial charge in [-0.05, 0) is 24.1 Å². The number of halogens is 1. The average molecular weight is 314 g/mol. The number of carbonyl (C=O) groups is 2. The van der Waals surface area contributed by atoms with Crippen LogP contribution in [0.3, 0.4) is 0 Å². The van der Waals surface area contributed by atoms with E-state index >= 15 is 0 Å². The standard InChI is InChI=1S/C17H12ClNO3/c1-9-15(20)14-13(16(21)17(9)22-2)11(8-12(18)19-14)10-6-4-3-5-7-10/h3-8H,1-2H3. The Bertz CT molecular complexity index is 825. The van der Waals surface area contributed by atoms with Crippen molar-refractivity contribution in [2.75, 3.05) is 7.11 Å². The second-order valence-corrected chi connectivity index (χ2v) is 5.29. The van der Waals surface area contributed by atoms with Crippen LogP contribution in [0.25, 0.3) is 11.1 Å². The van der Waals surface area contributed by atoms with Crippen LogP contribution in [0.1, 0.15) is 27.8 Å². The van der Waals surface area contributed by atoms with Gasteiger partial charge in [-0.2, -0.15) is 0 Å². The van der Waals surface area contributed by atoms with Gasteiger partial charge in [0.2, 0.25) is 11.6 Å². The number of aromatic nitrogens is 1. The van der Waals surface area contributed by atoms with E-state index in [9.17, 15) is 9.59 Å². The minimum atomic E-state index is -0.349. The number of nitrogens with zero attached hydrogens (tertiary/aromatic N) is 1. The Morgan fingerprint density at radius 2 is 1.77 bits per heavy atom. The van der Waals surface area contributed by atoms with Crippen LogP contribution in [0.5, 0.6) is 0 Å². The summed E-state index contributed by atoms with van der Waals surface area (Å²) >= 11 is 6.04.